The molecule has 6 atom stereocenters. The lowest BCUT2D eigenvalue weighted by Crippen LogP contribution is -2.60. The number of aliphatic hydroxyl groups is 1. The minimum absolute atomic E-state index is 0.0158. The van der Waals surface area contributed by atoms with Gasteiger partial charge >= 0.3 is 0 Å². The number of carbonyl (C=O) groups is 4. The lowest BCUT2D eigenvalue weighted by molar-refractivity contribution is -0.125. The molecular formula is C34H22Cl2F5IN2O6. The van der Waals surface area contributed by atoms with Crippen molar-refractivity contribution in [3.63, 3.8) is 0 Å². The fraction of sp³-hybridized carbons (Fsp3) is 0.294. The van der Waals surface area contributed by atoms with Crippen LogP contribution in [-0.4, -0.2) is 51.7 Å². The Balaban J connectivity index is 1.40. The van der Waals surface area contributed by atoms with E-state index in [0.29, 0.717) is 11.3 Å². The van der Waals surface area contributed by atoms with Crippen LogP contribution in [0.5, 0.6) is 5.75 Å². The summed E-state index contributed by atoms with van der Waals surface area (Å²) < 4.78 is 79.5. The highest BCUT2D eigenvalue weighted by Gasteiger charge is 2.77. The van der Waals surface area contributed by atoms with Crippen LogP contribution in [0.4, 0.5) is 33.3 Å². The number of anilines is 2. The van der Waals surface area contributed by atoms with Crippen molar-refractivity contribution in [1.82, 2.24) is 0 Å². The molecular weight excluding hydrogens is 825 g/mol. The van der Waals surface area contributed by atoms with Crippen LogP contribution in [0.15, 0.2) is 60.2 Å². The maximum Gasteiger partial charge on any atom is 0.258 e. The van der Waals surface area contributed by atoms with Crippen LogP contribution in [0.3, 0.4) is 0 Å². The summed E-state index contributed by atoms with van der Waals surface area (Å²) >= 11 is 16.3. The van der Waals surface area contributed by atoms with Crippen molar-refractivity contribution >= 4 is 80.8 Å². The van der Waals surface area contributed by atoms with Crippen molar-refractivity contribution < 1.29 is 51.0 Å². The van der Waals surface area contributed by atoms with E-state index in [1.54, 1.807) is 30.3 Å². The Bertz CT molecular complexity index is 2010. The highest BCUT2D eigenvalue weighted by molar-refractivity contribution is 14.1. The molecule has 50 heavy (non-hydrogen) atoms. The molecule has 2 heterocycles. The molecule has 3 fully saturated rings. The number of hydrogen-bond donors (Lipinski definition) is 1. The van der Waals surface area contributed by atoms with Gasteiger partial charge in [0.1, 0.15) is 18.0 Å². The topological polar surface area (TPSA) is 104 Å². The molecule has 3 aromatic carbocycles. The Morgan fingerprint density at radius 2 is 1.40 bits per heavy atom. The number of halogens is 8. The third kappa shape index (κ3) is 4.70. The molecule has 2 aliphatic carbocycles. The number of imide groups is 2. The van der Waals surface area contributed by atoms with Gasteiger partial charge in [-0.2, -0.15) is 0 Å². The number of carbonyl (C=O) groups excluding carboxylic acids is 4. The Morgan fingerprint density at radius 1 is 0.800 bits per heavy atom. The minimum atomic E-state index is -2.63. The van der Waals surface area contributed by atoms with Gasteiger partial charge in [-0.15, -0.1) is 23.2 Å². The van der Waals surface area contributed by atoms with E-state index in [1.165, 1.54) is 24.3 Å². The number of nitrogens with zero attached hydrogens (tertiary/aromatic N) is 2. The van der Waals surface area contributed by atoms with Crippen molar-refractivity contribution in [1.29, 1.82) is 0 Å². The highest BCUT2D eigenvalue weighted by atomic mass is 127. The molecule has 1 N–H and O–H groups in total. The molecule has 0 bridgehead atoms. The average Bonchev–Trinajstić information content (AvgIpc) is 3.44. The second kappa shape index (κ2) is 12.3. The van der Waals surface area contributed by atoms with E-state index in [2.05, 4.69) is 22.6 Å². The van der Waals surface area contributed by atoms with Crippen molar-refractivity contribution in [2.75, 3.05) is 23.0 Å². The first kappa shape index (κ1) is 34.8. The van der Waals surface area contributed by atoms with Gasteiger partial charge in [0.2, 0.25) is 17.6 Å². The smallest absolute Gasteiger partial charge is 0.258 e. The summed E-state index contributed by atoms with van der Waals surface area (Å²) in [6.07, 6.45) is 1.03. The number of alkyl halides is 2. The molecule has 16 heteroatoms. The van der Waals surface area contributed by atoms with Gasteiger partial charge in [-0.05, 0) is 83.3 Å². The number of fused-ring (bicyclic) bond motifs is 4. The normalized spacial score (nSPS) is 28.9. The zero-order chi connectivity index (χ0) is 36.0. The second-order valence-electron chi connectivity index (χ2n) is 12.3. The van der Waals surface area contributed by atoms with Gasteiger partial charge in [-0.3, -0.25) is 24.1 Å². The number of benzene rings is 3. The van der Waals surface area contributed by atoms with Crippen molar-refractivity contribution in [2.24, 2.45) is 17.8 Å². The standard InChI is InChI=1S/C34H22Cl2F5IN2O6/c35-33-13-20-18(9-10-19-21(20)30(47)43(29(19)46)16-5-3-15(42)4-6-16)22(14-1-7-17(8-2-14)50-12-11-45)34(33,36)32(49)44(31(33)48)28-26(40)24(38)23(37)25(39)27(28)41/h1-9,19-22,45H,10-13H2/t19-,20+,21-,22-,33+,34-/m0/s1. The van der Waals surface area contributed by atoms with Crippen molar-refractivity contribution in [3.05, 3.63) is 98.4 Å². The molecule has 0 spiro atoms. The van der Waals surface area contributed by atoms with E-state index in [1.807, 2.05) is 0 Å². The second-order valence-corrected chi connectivity index (χ2v) is 14.8. The van der Waals surface area contributed by atoms with Gasteiger partial charge in [0, 0.05) is 9.49 Å². The molecule has 7 rings (SSSR count). The lowest BCUT2D eigenvalue weighted by Gasteiger charge is -2.50. The van der Waals surface area contributed by atoms with Crippen LogP contribution in [0.2, 0.25) is 0 Å². The van der Waals surface area contributed by atoms with Crippen LogP contribution >= 0.6 is 45.8 Å². The Hall–Kier alpha value is -3.60. The molecule has 1 saturated carbocycles. The van der Waals surface area contributed by atoms with Crippen LogP contribution in [0.25, 0.3) is 0 Å². The first-order chi connectivity index (χ1) is 23.7. The number of allylic oxidation sites excluding steroid dienone is 2. The predicted octanol–water partition coefficient (Wildman–Crippen LogP) is 6.13. The number of rotatable bonds is 6. The predicted molar refractivity (Wildman–Crippen MR) is 177 cm³/mol. The van der Waals surface area contributed by atoms with Crippen LogP contribution in [0, 0.1) is 50.4 Å². The Morgan fingerprint density at radius 3 is 2.00 bits per heavy atom. The zero-order valence-corrected chi connectivity index (χ0v) is 28.9. The average molecular weight is 847 g/mol. The largest absolute Gasteiger partial charge is 0.491 e. The van der Waals surface area contributed by atoms with E-state index >= 15 is 8.78 Å². The minimum Gasteiger partial charge on any atom is -0.491 e. The molecule has 4 amide bonds. The van der Waals surface area contributed by atoms with E-state index in [-0.39, 0.29) is 35.8 Å². The Kier molecular flexibility index (Phi) is 8.55. The third-order valence-electron chi connectivity index (χ3n) is 9.88. The van der Waals surface area contributed by atoms with E-state index in [4.69, 9.17) is 33.0 Å². The molecule has 2 saturated heterocycles. The van der Waals surface area contributed by atoms with Crippen molar-refractivity contribution in [3.8, 4) is 5.75 Å². The Labute approximate surface area is 303 Å². The zero-order valence-electron chi connectivity index (χ0n) is 25.2. The summed E-state index contributed by atoms with van der Waals surface area (Å²) in [5, 5.41) is 9.15. The molecule has 8 nitrogen and oxygen atoms in total. The van der Waals surface area contributed by atoms with Gasteiger partial charge < -0.3 is 9.84 Å². The van der Waals surface area contributed by atoms with Crippen LogP contribution in [0.1, 0.15) is 24.3 Å². The van der Waals surface area contributed by atoms with Gasteiger partial charge in [-0.25, -0.2) is 26.9 Å². The van der Waals surface area contributed by atoms with Gasteiger partial charge in [-0.1, -0.05) is 23.8 Å². The summed E-state index contributed by atoms with van der Waals surface area (Å²) in [4.78, 5) is 52.1. The summed E-state index contributed by atoms with van der Waals surface area (Å²) in [7, 11) is 0. The first-order valence-corrected chi connectivity index (χ1v) is 17.0. The maximum atomic E-state index is 15.2. The fourth-order valence-electron chi connectivity index (χ4n) is 7.71. The number of amides is 4. The number of aliphatic hydroxyl groups excluding tert-OH is 1. The van der Waals surface area contributed by atoms with Gasteiger partial charge in [0.05, 0.1) is 24.1 Å². The fourth-order valence-corrected chi connectivity index (χ4v) is 9.00. The molecule has 0 radical (unpaired) electrons. The molecule has 0 aromatic heterocycles. The monoisotopic (exact) mass is 846 g/mol. The maximum absolute atomic E-state index is 15.2. The molecule has 4 aliphatic rings. The van der Waals surface area contributed by atoms with E-state index < -0.39 is 98.2 Å². The molecule has 0 unspecified atom stereocenters. The van der Waals surface area contributed by atoms with Crippen LogP contribution in [-0.2, 0) is 19.2 Å². The highest BCUT2D eigenvalue weighted by Crippen LogP contribution is 2.66. The summed E-state index contributed by atoms with van der Waals surface area (Å²) in [6.45, 7) is -0.350. The summed E-state index contributed by atoms with van der Waals surface area (Å²) in [5.41, 5.74) is -0.988. The molecule has 260 valence electrons. The first-order valence-electron chi connectivity index (χ1n) is 15.1. The van der Waals surface area contributed by atoms with Crippen molar-refractivity contribution in [2.45, 2.75) is 28.5 Å². The number of hydrogen-bond acceptors (Lipinski definition) is 6. The van der Waals surface area contributed by atoms with E-state index in [9.17, 15) is 32.3 Å². The quantitative estimate of drug-likeness (QED) is 0.0610. The summed E-state index contributed by atoms with van der Waals surface area (Å²) in [6, 6.07) is 12.5. The SMILES string of the molecule is O=C1[C@H]2[C@H](CC=C3[C@H]2C[C@@]2(Cl)C(=O)N(c4c(F)c(F)c(F)c(F)c4F)C(=O)[C@@]2(Cl)[C@H]3c2ccc(OCCO)cc2)C(=O)N1c1ccc(I)cc1. The van der Waals surface area contributed by atoms with Gasteiger partial charge in [0.15, 0.2) is 33.0 Å². The van der Waals surface area contributed by atoms with Gasteiger partial charge in [0.25, 0.3) is 11.8 Å². The summed E-state index contributed by atoms with van der Waals surface area (Å²) in [5.74, 6) is -20.6. The lowest BCUT2D eigenvalue weighted by atomic mass is 9.56. The number of ether oxygens (including phenoxy) is 1. The molecule has 3 aromatic rings. The van der Waals surface area contributed by atoms with E-state index in [0.717, 1.165) is 8.47 Å². The third-order valence-corrected chi connectivity index (χ3v) is 12.0. The van der Waals surface area contributed by atoms with Crippen LogP contribution < -0.4 is 14.5 Å². The molecule has 2 aliphatic heterocycles.